The molecule has 0 aromatic carbocycles. The van der Waals surface area contributed by atoms with Gasteiger partial charge in [-0.15, -0.1) is 0 Å². The summed E-state index contributed by atoms with van der Waals surface area (Å²) in [6.45, 7) is 12.0. The third-order valence-electron chi connectivity index (χ3n) is 3.37. The van der Waals surface area contributed by atoms with Gasteiger partial charge in [0.2, 0.25) is 0 Å². The molecule has 0 spiro atoms. The second-order valence-electron chi connectivity index (χ2n) is 6.48. The van der Waals surface area contributed by atoms with Gasteiger partial charge in [0.25, 0.3) is 0 Å². The highest BCUT2D eigenvalue weighted by Crippen LogP contribution is 2.14. The first-order valence-corrected chi connectivity index (χ1v) is 7.07. The Morgan fingerprint density at radius 2 is 1.82 bits per heavy atom. The molecule has 1 aliphatic rings. The molecule has 1 saturated heterocycles. The molecule has 0 amide bonds. The van der Waals surface area contributed by atoms with Crippen LogP contribution >= 0.6 is 0 Å². The van der Waals surface area contributed by atoms with E-state index in [1.807, 2.05) is 0 Å². The number of rotatable bonds is 8. The second kappa shape index (κ2) is 7.34. The summed E-state index contributed by atoms with van der Waals surface area (Å²) in [7, 11) is 4.30. The summed E-state index contributed by atoms with van der Waals surface area (Å²) in [4.78, 5) is 4.86. The monoisotopic (exact) mass is 241 g/mol. The molecule has 3 nitrogen and oxygen atoms in total. The van der Waals surface area contributed by atoms with E-state index in [2.05, 4.69) is 43.1 Å². The average molecular weight is 241 g/mol. The van der Waals surface area contributed by atoms with Crippen molar-refractivity contribution in [2.24, 2.45) is 5.41 Å². The first-order valence-electron chi connectivity index (χ1n) is 7.07. The van der Waals surface area contributed by atoms with Crippen molar-refractivity contribution in [1.29, 1.82) is 0 Å². The van der Waals surface area contributed by atoms with Crippen LogP contribution in [0.15, 0.2) is 0 Å². The zero-order valence-corrected chi connectivity index (χ0v) is 12.3. The summed E-state index contributed by atoms with van der Waals surface area (Å²) < 4.78 is 0. The molecule has 1 heterocycles. The molecule has 3 heteroatoms. The highest BCUT2D eigenvalue weighted by molar-refractivity contribution is 4.74. The maximum Gasteiger partial charge on any atom is 0.00387 e. The Bertz CT molecular complexity index is 196. The Morgan fingerprint density at radius 3 is 2.41 bits per heavy atom. The lowest BCUT2D eigenvalue weighted by molar-refractivity contribution is 0.231. The third-order valence-corrected chi connectivity index (χ3v) is 3.37. The van der Waals surface area contributed by atoms with E-state index in [0.29, 0.717) is 5.41 Å². The lowest BCUT2D eigenvalue weighted by Crippen LogP contribution is -2.38. The Hall–Kier alpha value is -0.120. The van der Waals surface area contributed by atoms with Gasteiger partial charge in [-0.2, -0.15) is 0 Å². The molecule has 0 radical (unpaired) electrons. The zero-order chi connectivity index (χ0) is 12.7. The number of hydrogen-bond donors (Lipinski definition) is 1. The summed E-state index contributed by atoms with van der Waals surface area (Å²) >= 11 is 0. The number of nitrogens with one attached hydrogen (secondary N) is 1. The molecule has 0 atom stereocenters. The molecule has 0 aromatic rings. The van der Waals surface area contributed by atoms with Crippen molar-refractivity contribution < 1.29 is 0 Å². The van der Waals surface area contributed by atoms with Gasteiger partial charge in [0.1, 0.15) is 0 Å². The second-order valence-corrected chi connectivity index (χ2v) is 6.48. The zero-order valence-electron chi connectivity index (χ0n) is 12.3. The first-order chi connectivity index (χ1) is 7.99. The van der Waals surface area contributed by atoms with Crippen LogP contribution in [0.1, 0.15) is 33.1 Å². The van der Waals surface area contributed by atoms with Gasteiger partial charge in [0.15, 0.2) is 0 Å². The van der Waals surface area contributed by atoms with Crippen LogP contribution < -0.4 is 5.32 Å². The van der Waals surface area contributed by atoms with E-state index in [4.69, 9.17) is 0 Å². The normalized spacial score (nSPS) is 18.2. The van der Waals surface area contributed by atoms with Crippen molar-refractivity contribution in [1.82, 2.24) is 15.1 Å². The molecule has 0 unspecified atom stereocenters. The maximum absolute atomic E-state index is 3.60. The standard InChI is InChI=1S/C14H31N3/c1-14(2,13-16(3)4)12-15-8-7-11-17-9-5-6-10-17/h15H,5-13H2,1-4H3. The summed E-state index contributed by atoms with van der Waals surface area (Å²) in [6.07, 6.45) is 4.10. The van der Waals surface area contributed by atoms with E-state index < -0.39 is 0 Å². The minimum Gasteiger partial charge on any atom is -0.316 e. The Kier molecular flexibility index (Phi) is 6.45. The van der Waals surface area contributed by atoms with Crippen molar-refractivity contribution in [2.45, 2.75) is 33.1 Å². The van der Waals surface area contributed by atoms with Gasteiger partial charge in [-0.25, -0.2) is 0 Å². The van der Waals surface area contributed by atoms with Crippen molar-refractivity contribution >= 4 is 0 Å². The fourth-order valence-electron chi connectivity index (χ4n) is 2.77. The molecular weight excluding hydrogens is 210 g/mol. The Balaban J connectivity index is 1.99. The van der Waals surface area contributed by atoms with E-state index in [1.165, 1.54) is 38.9 Å². The van der Waals surface area contributed by atoms with Crippen molar-refractivity contribution in [2.75, 3.05) is 53.4 Å². The Morgan fingerprint density at radius 1 is 1.18 bits per heavy atom. The topological polar surface area (TPSA) is 18.5 Å². The van der Waals surface area contributed by atoms with Gasteiger partial charge in [-0.1, -0.05) is 13.8 Å². The van der Waals surface area contributed by atoms with E-state index >= 15 is 0 Å². The van der Waals surface area contributed by atoms with Crippen LogP contribution in [0.2, 0.25) is 0 Å². The number of likely N-dealkylation sites (tertiary alicyclic amines) is 1. The van der Waals surface area contributed by atoms with E-state index in [-0.39, 0.29) is 0 Å². The van der Waals surface area contributed by atoms with Gasteiger partial charge in [-0.3, -0.25) is 0 Å². The lowest BCUT2D eigenvalue weighted by atomic mass is 9.93. The van der Waals surface area contributed by atoms with Crippen molar-refractivity contribution in [3.05, 3.63) is 0 Å². The molecule has 17 heavy (non-hydrogen) atoms. The SMILES string of the molecule is CN(C)CC(C)(C)CNCCCN1CCCC1. The van der Waals surface area contributed by atoms with Crippen LogP contribution in [0, 0.1) is 5.41 Å². The quantitative estimate of drug-likeness (QED) is 0.652. The smallest absolute Gasteiger partial charge is 0.00387 e. The van der Waals surface area contributed by atoms with Crippen LogP contribution in [0.5, 0.6) is 0 Å². The lowest BCUT2D eigenvalue weighted by Gasteiger charge is -2.28. The largest absolute Gasteiger partial charge is 0.316 e. The number of nitrogens with zero attached hydrogens (tertiary/aromatic N) is 2. The fraction of sp³-hybridized carbons (Fsp3) is 1.00. The molecule has 1 rings (SSSR count). The molecule has 0 bridgehead atoms. The summed E-state index contributed by atoms with van der Waals surface area (Å²) in [5.41, 5.74) is 0.372. The van der Waals surface area contributed by atoms with Crippen LogP contribution in [-0.4, -0.2) is 63.2 Å². The molecular formula is C14H31N3. The maximum atomic E-state index is 3.60. The summed E-state index contributed by atoms with van der Waals surface area (Å²) in [5, 5.41) is 3.60. The van der Waals surface area contributed by atoms with Gasteiger partial charge in [0, 0.05) is 13.1 Å². The van der Waals surface area contributed by atoms with Crippen LogP contribution in [0.25, 0.3) is 0 Å². The van der Waals surface area contributed by atoms with Gasteiger partial charge in [-0.05, 0) is 65.0 Å². The molecule has 0 aromatic heterocycles. The van der Waals surface area contributed by atoms with E-state index in [0.717, 1.165) is 19.6 Å². The summed E-state index contributed by atoms with van der Waals surface area (Å²) in [5.74, 6) is 0. The number of hydrogen-bond acceptors (Lipinski definition) is 3. The summed E-state index contributed by atoms with van der Waals surface area (Å²) in [6, 6.07) is 0. The molecule has 1 N–H and O–H groups in total. The first kappa shape index (κ1) is 14.9. The molecule has 0 saturated carbocycles. The predicted octanol–water partition coefficient (Wildman–Crippen LogP) is 1.65. The van der Waals surface area contributed by atoms with Crippen molar-refractivity contribution in [3.63, 3.8) is 0 Å². The molecule has 102 valence electrons. The third kappa shape index (κ3) is 7.02. The van der Waals surface area contributed by atoms with E-state index in [1.54, 1.807) is 0 Å². The highest BCUT2D eigenvalue weighted by atomic mass is 15.1. The Labute approximate surface area is 108 Å². The fourth-order valence-corrected chi connectivity index (χ4v) is 2.77. The van der Waals surface area contributed by atoms with Crippen molar-refractivity contribution in [3.8, 4) is 0 Å². The minimum atomic E-state index is 0.372. The molecule has 1 aliphatic heterocycles. The van der Waals surface area contributed by atoms with Crippen LogP contribution in [0.4, 0.5) is 0 Å². The van der Waals surface area contributed by atoms with Gasteiger partial charge in [0.05, 0.1) is 0 Å². The predicted molar refractivity (Wildman–Crippen MR) is 75.5 cm³/mol. The average Bonchev–Trinajstić information content (AvgIpc) is 2.67. The molecule has 1 fully saturated rings. The van der Waals surface area contributed by atoms with Crippen LogP contribution in [0.3, 0.4) is 0 Å². The van der Waals surface area contributed by atoms with Crippen LogP contribution in [-0.2, 0) is 0 Å². The molecule has 0 aliphatic carbocycles. The van der Waals surface area contributed by atoms with Gasteiger partial charge < -0.3 is 15.1 Å². The van der Waals surface area contributed by atoms with E-state index in [9.17, 15) is 0 Å². The minimum absolute atomic E-state index is 0.372. The van der Waals surface area contributed by atoms with Gasteiger partial charge >= 0.3 is 0 Å². The highest BCUT2D eigenvalue weighted by Gasteiger charge is 2.18.